The molecule has 28 heavy (non-hydrogen) atoms. The Kier molecular flexibility index (Phi) is 5.21. The van der Waals surface area contributed by atoms with Gasteiger partial charge in [-0.15, -0.1) is 0 Å². The molecule has 1 fully saturated rings. The van der Waals surface area contributed by atoms with Gasteiger partial charge in [-0.2, -0.15) is 0 Å². The largest absolute Gasteiger partial charge is 0.336 e. The third-order valence-corrected chi connectivity index (χ3v) is 5.35. The molecule has 1 aliphatic rings. The number of rotatable bonds is 4. The topological polar surface area (TPSA) is 54.3 Å². The van der Waals surface area contributed by atoms with Gasteiger partial charge >= 0.3 is 0 Å². The fourth-order valence-corrected chi connectivity index (χ4v) is 3.89. The zero-order valence-electron chi connectivity index (χ0n) is 16.4. The van der Waals surface area contributed by atoms with Crippen molar-refractivity contribution < 1.29 is 4.79 Å². The average molecular weight is 375 g/mol. The van der Waals surface area contributed by atoms with Gasteiger partial charge in [-0.05, 0) is 43.7 Å². The van der Waals surface area contributed by atoms with E-state index >= 15 is 0 Å². The summed E-state index contributed by atoms with van der Waals surface area (Å²) in [6.07, 6.45) is 7.28. The third kappa shape index (κ3) is 3.68. The van der Waals surface area contributed by atoms with Crippen molar-refractivity contribution in [2.75, 3.05) is 26.2 Å². The van der Waals surface area contributed by atoms with Gasteiger partial charge in [0.2, 0.25) is 0 Å². The van der Waals surface area contributed by atoms with E-state index in [1.165, 1.54) is 5.56 Å². The zero-order chi connectivity index (χ0) is 19.5. The van der Waals surface area contributed by atoms with E-state index in [4.69, 9.17) is 0 Å². The Labute approximate surface area is 165 Å². The Balaban J connectivity index is 1.45. The molecule has 0 radical (unpaired) electrons. The molecule has 1 amide bonds. The van der Waals surface area contributed by atoms with Crippen molar-refractivity contribution in [1.29, 1.82) is 0 Å². The maximum atomic E-state index is 13.2. The van der Waals surface area contributed by atoms with Gasteiger partial charge in [-0.3, -0.25) is 19.7 Å². The molecule has 0 bridgehead atoms. The lowest BCUT2D eigenvalue weighted by Gasteiger charge is -2.34. The van der Waals surface area contributed by atoms with E-state index in [1.807, 2.05) is 55.4 Å². The second-order valence-electron chi connectivity index (χ2n) is 7.26. The molecular weight excluding hydrogens is 350 g/mol. The molecule has 0 spiro atoms. The minimum Gasteiger partial charge on any atom is -0.336 e. The average Bonchev–Trinajstić information content (AvgIpc) is 3.03. The highest BCUT2D eigenvalue weighted by Crippen LogP contribution is 2.22. The van der Waals surface area contributed by atoms with Crippen molar-refractivity contribution in [2.24, 2.45) is 0 Å². The number of hydrogen-bond donors (Lipinski definition) is 0. The van der Waals surface area contributed by atoms with Crippen LogP contribution in [0, 0.1) is 13.8 Å². The minimum absolute atomic E-state index is 0.115. The quantitative estimate of drug-likeness (QED) is 0.704. The number of nitrogens with zero attached hydrogens (tertiary/aromatic N) is 5. The highest BCUT2D eigenvalue weighted by molar-refractivity contribution is 5.96. The summed E-state index contributed by atoms with van der Waals surface area (Å²) in [6, 6.07) is 9.98. The van der Waals surface area contributed by atoms with E-state index in [9.17, 15) is 4.79 Å². The van der Waals surface area contributed by atoms with Crippen LogP contribution in [0.2, 0.25) is 0 Å². The van der Waals surface area contributed by atoms with Gasteiger partial charge < -0.3 is 9.47 Å². The van der Waals surface area contributed by atoms with E-state index in [2.05, 4.69) is 25.5 Å². The van der Waals surface area contributed by atoms with E-state index in [0.29, 0.717) is 0 Å². The first kappa shape index (κ1) is 18.4. The summed E-state index contributed by atoms with van der Waals surface area (Å²) in [4.78, 5) is 25.9. The van der Waals surface area contributed by atoms with Gasteiger partial charge in [0.25, 0.3) is 5.91 Å². The van der Waals surface area contributed by atoms with E-state index in [-0.39, 0.29) is 5.91 Å². The second-order valence-corrected chi connectivity index (χ2v) is 7.26. The van der Waals surface area contributed by atoms with Crippen LogP contribution < -0.4 is 0 Å². The number of hydrogen-bond acceptors (Lipinski definition) is 4. The fourth-order valence-electron chi connectivity index (χ4n) is 3.89. The molecule has 1 saturated heterocycles. The Morgan fingerprint density at radius 2 is 1.71 bits per heavy atom. The van der Waals surface area contributed by atoms with Gasteiger partial charge in [-0.25, -0.2) is 0 Å². The SMILES string of the molecule is Cc1cc(C(=O)N2CCN(Cc3cccnc3)CC2)c(C)n1-c1cccnc1. The van der Waals surface area contributed by atoms with Gasteiger partial charge in [0.05, 0.1) is 17.4 Å². The number of amides is 1. The van der Waals surface area contributed by atoms with Crippen LogP contribution in [-0.2, 0) is 6.54 Å². The lowest BCUT2D eigenvalue weighted by atomic mass is 10.2. The Bertz CT molecular complexity index is 944. The van der Waals surface area contributed by atoms with Crippen molar-refractivity contribution in [2.45, 2.75) is 20.4 Å². The van der Waals surface area contributed by atoms with Gasteiger partial charge in [-0.1, -0.05) is 6.07 Å². The summed E-state index contributed by atoms with van der Waals surface area (Å²) in [7, 11) is 0. The van der Waals surface area contributed by atoms with E-state index in [1.54, 1.807) is 12.4 Å². The first-order chi connectivity index (χ1) is 13.6. The van der Waals surface area contributed by atoms with Crippen LogP contribution in [0.15, 0.2) is 55.1 Å². The summed E-state index contributed by atoms with van der Waals surface area (Å²) in [5.41, 5.74) is 4.99. The Hall–Kier alpha value is -2.99. The predicted octanol–water partition coefficient (Wildman–Crippen LogP) is 2.84. The maximum absolute atomic E-state index is 13.2. The number of carbonyl (C=O) groups excluding carboxylic acids is 1. The molecule has 0 atom stereocenters. The molecule has 1 aliphatic heterocycles. The molecule has 6 heteroatoms. The van der Waals surface area contributed by atoms with Gasteiger partial charge in [0, 0.05) is 62.7 Å². The summed E-state index contributed by atoms with van der Waals surface area (Å²) in [5, 5.41) is 0. The molecule has 0 saturated carbocycles. The summed E-state index contributed by atoms with van der Waals surface area (Å²) < 4.78 is 2.10. The summed E-state index contributed by atoms with van der Waals surface area (Å²) in [6.45, 7) is 8.16. The monoisotopic (exact) mass is 375 g/mol. The molecule has 3 aromatic rings. The molecule has 4 heterocycles. The third-order valence-electron chi connectivity index (χ3n) is 5.35. The number of pyridine rings is 2. The molecule has 4 rings (SSSR count). The van der Waals surface area contributed by atoms with E-state index in [0.717, 1.165) is 55.4 Å². The van der Waals surface area contributed by atoms with Crippen molar-refractivity contribution in [3.8, 4) is 5.69 Å². The Morgan fingerprint density at radius 3 is 2.36 bits per heavy atom. The van der Waals surface area contributed by atoms with Crippen molar-refractivity contribution >= 4 is 5.91 Å². The molecule has 3 aromatic heterocycles. The van der Waals surface area contributed by atoms with Crippen LogP contribution in [0.25, 0.3) is 5.69 Å². The van der Waals surface area contributed by atoms with Gasteiger partial charge in [0.1, 0.15) is 0 Å². The first-order valence-electron chi connectivity index (χ1n) is 9.63. The van der Waals surface area contributed by atoms with Crippen LogP contribution in [-0.4, -0.2) is 56.4 Å². The number of piperazine rings is 1. The van der Waals surface area contributed by atoms with Crippen LogP contribution in [0.4, 0.5) is 0 Å². The number of aryl methyl sites for hydroxylation is 1. The van der Waals surface area contributed by atoms with Crippen LogP contribution in [0.3, 0.4) is 0 Å². The lowest BCUT2D eigenvalue weighted by molar-refractivity contribution is 0.0627. The van der Waals surface area contributed by atoms with Crippen molar-refractivity contribution in [3.63, 3.8) is 0 Å². The minimum atomic E-state index is 0.115. The molecule has 0 aromatic carbocycles. The maximum Gasteiger partial charge on any atom is 0.255 e. The highest BCUT2D eigenvalue weighted by Gasteiger charge is 2.25. The van der Waals surface area contributed by atoms with E-state index < -0.39 is 0 Å². The smallest absolute Gasteiger partial charge is 0.255 e. The first-order valence-corrected chi connectivity index (χ1v) is 9.63. The van der Waals surface area contributed by atoms with Crippen LogP contribution in [0.5, 0.6) is 0 Å². The molecule has 144 valence electrons. The van der Waals surface area contributed by atoms with Gasteiger partial charge in [0.15, 0.2) is 0 Å². The predicted molar refractivity (Wildman–Crippen MR) is 108 cm³/mol. The lowest BCUT2D eigenvalue weighted by Crippen LogP contribution is -2.48. The van der Waals surface area contributed by atoms with Crippen LogP contribution in [0.1, 0.15) is 27.3 Å². The number of aromatic nitrogens is 3. The zero-order valence-corrected chi connectivity index (χ0v) is 16.4. The normalized spacial score (nSPS) is 15.0. The molecular formula is C22H25N5O. The molecule has 6 nitrogen and oxygen atoms in total. The summed E-state index contributed by atoms with van der Waals surface area (Å²) in [5.74, 6) is 0.115. The van der Waals surface area contributed by atoms with Crippen molar-refractivity contribution in [3.05, 3.63) is 77.6 Å². The molecule has 0 aliphatic carbocycles. The van der Waals surface area contributed by atoms with Crippen molar-refractivity contribution in [1.82, 2.24) is 24.3 Å². The summed E-state index contributed by atoms with van der Waals surface area (Å²) >= 11 is 0. The number of carbonyl (C=O) groups is 1. The Morgan fingerprint density at radius 1 is 1.00 bits per heavy atom. The standard InChI is InChI=1S/C22H25N5O/c1-17-13-21(18(2)27(17)20-6-4-8-24-15-20)22(28)26-11-9-25(10-12-26)16-19-5-3-7-23-14-19/h3-8,13-15H,9-12,16H2,1-2H3. The second kappa shape index (κ2) is 7.94. The highest BCUT2D eigenvalue weighted by atomic mass is 16.2. The van der Waals surface area contributed by atoms with Crippen LogP contribution >= 0.6 is 0 Å². The molecule has 0 N–H and O–H groups in total. The molecule has 0 unspecified atom stereocenters. The fraction of sp³-hybridized carbons (Fsp3) is 0.318.